The molecule has 0 unspecified atom stereocenters. The molecule has 0 bridgehead atoms. The first-order chi connectivity index (χ1) is 10.1. The van der Waals surface area contributed by atoms with Gasteiger partial charge < -0.3 is 9.52 Å². The quantitative estimate of drug-likeness (QED) is 0.936. The molecule has 0 spiro atoms. The Balaban J connectivity index is 1.73. The first-order valence-electron chi connectivity index (χ1n) is 7.12. The number of hydrogen-bond donors (Lipinski definition) is 1. The molecule has 1 atom stereocenters. The summed E-state index contributed by atoms with van der Waals surface area (Å²) in [5.74, 6) is -0.175. The molecule has 1 N–H and O–H groups in total. The Morgan fingerprint density at radius 2 is 2.19 bits per heavy atom. The second-order valence-electron chi connectivity index (χ2n) is 5.48. The highest BCUT2D eigenvalue weighted by Gasteiger charge is 2.30. The van der Waals surface area contributed by atoms with Crippen molar-refractivity contribution in [1.82, 2.24) is 9.88 Å². The van der Waals surface area contributed by atoms with Crippen molar-refractivity contribution >= 4 is 5.97 Å². The van der Waals surface area contributed by atoms with Crippen molar-refractivity contribution in [3.05, 3.63) is 41.8 Å². The third-order valence-corrected chi connectivity index (χ3v) is 3.86. The fourth-order valence-electron chi connectivity index (χ4n) is 2.71. The van der Waals surface area contributed by atoms with Gasteiger partial charge in [0.15, 0.2) is 0 Å². The van der Waals surface area contributed by atoms with E-state index in [1.807, 2.05) is 36.1 Å². The molecule has 2 heterocycles. The number of aromatic nitrogens is 1. The van der Waals surface area contributed by atoms with Crippen molar-refractivity contribution in [3.8, 4) is 11.5 Å². The molecule has 5 nitrogen and oxygen atoms in total. The third-order valence-electron chi connectivity index (χ3n) is 3.86. The van der Waals surface area contributed by atoms with Gasteiger partial charge in [-0.1, -0.05) is 17.7 Å². The molecule has 1 fully saturated rings. The summed E-state index contributed by atoms with van der Waals surface area (Å²) in [6.45, 7) is 3.35. The summed E-state index contributed by atoms with van der Waals surface area (Å²) in [7, 11) is 0. The van der Waals surface area contributed by atoms with E-state index in [-0.39, 0.29) is 0 Å². The average Bonchev–Trinajstić information content (AvgIpc) is 3.09. The van der Waals surface area contributed by atoms with Crippen molar-refractivity contribution in [2.24, 2.45) is 0 Å². The number of likely N-dealkylation sites (tertiary alicyclic amines) is 1. The van der Waals surface area contributed by atoms with Crippen LogP contribution in [0.1, 0.15) is 24.1 Å². The minimum atomic E-state index is -0.755. The van der Waals surface area contributed by atoms with Crippen LogP contribution in [-0.2, 0) is 11.3 Å². The predicted molar refractivity (Wildman–Crippen MR) is 77.7 cm³/mol. The summed E-state index contributed by atoms with van der Waals surface area (Å²) >= 11 is 0. The molecular formula is C16H18N2O3. The van der Waals surface area contributed by atoms with Crippen LogP contribution in [0.15, 0.2) is 34.9 Å². The van der Waals surface area contributed by atoms with Crippen molar-refractivity contribution in [2.45, 2.75) is 32.4 Å². The van der Waals surface area contributed by atoms with E-state index in [2.05, 4.69) is 4.98 Å². The van der Waals surface area contributed by atoms with Crippen molar-refractivity contribution in [1.29, 1.82) is 0 Å². The molecule has 1 aromatic heterocycles. The number of carboxylic acids is 1. The maximum Gasteiger partial charge on any atom is 0.320 e. The van der Waals surface area contributed by atoms with Gasteiger partial charge in [0.05, 0.1) is 5.69 Å². The van der Waals surface area contributed by atoms with Gasteiger partial charge in [-0.2, -0.15) is 0 Å². The van der Waals surface area contributed by atoms with E-state index < -0.39 is 12.0 Å². The molecule has 1 aliphatic rings. The molecule has 1 saturated heterocycles. The zero-order valence-electron chi connectivity index (χ0n) is 12.0. The lowest BCUT2D eigenvalue weighted by Crippen LogP contribution is -2.35. The molecule has 0 amide bonds. The van der Waals surface area contributed by atoms with Gasteiger partial charge in [0.25, 0.3) is 0 Å². The van der Waals surface area contributed by atoms with Crippen LogP contribution in [0.3, 0.4) is 0 Å². The Morgan fingerprint density at radius 1 is 1.43 bits per heavy atom. The number of carboxylic acid groups (broad SMARTS) is 1. The average molecular weight is 286 g/mol. The lowest BCUT2D eigenvalue weighted by Gasteiger charge is -2.19. The molecule has 1 aliphatic heterocycles. The van der Waals surface area contributed by atoms with Gasteiger partial charge in [0.2, 0.25) is 5.89 Å². The van der Waals surface area contributed by atoms with Crippen molar-refractivity contribution in [3.63, 3.8) is 0 Å². The maximum atomic E-state index is 11.2. The fourth-order valence-corrected chi connectivity index (χ4v) is 2.71. The number of benzene rings is 1. The normalized spacial score (nSPS) is 19.0. The molecule has 3 rings (SSSR count). The van der Waals surface area contributed by atoms with Crippen LogP contribution in [0.5, 0.6) is 0 Å². The Bertz CT molecular complexity index is 633. The van der Waals surface area contributed by atoms with Gasteiger partial charge in [0.1, 0.15) is 12.3 Å². The number of rotatable bonds is 4. The summed E-state index contributed by atoms with van der Waals surface area (Å²) in [6.07, 6.45) is 3.24. The fraction of sp³-hybridized carbons (Fsp3) is 0.375. The Hall–Kier alpha value is -2.14. The molecule has 0 aliphatic carbocycles. The molecule has 110 valence electrons. The van der Waals surface area contributed by atoms with E-state index in [9.17, 15) is 9.90 Å². The van der Waals surface area contributed by atoms with Gasteiger partial charge >= 0.3 is 5.97 Å². The molecule has 21 heavy (non-hydrogen) atoms. The Morgan fingerprint density at radius 3 is 2.90 bits per heavy atom. The first-order valence-corrected chi connectivity index (χ1v) is 7.12. The number of hydrogen-bond acceptors (Lipinski definition) is 4. The standard InChI is InChI=1S/C16H18N2O3/c1-11-4-6-12(7-5-11)15-17-13(10-21-15)9-18-8-2-3-14(18)16(19)20/h4-7,10,14H,2-3,8-9H2,1H3,(H,19,20)/t14-/m1/s1. The van der Waals surface area contributed by atoms with E-state index in [0.29, 0.717) is 18.9 Å². The van der Waals surface area contributed by atoms with Gasteiger partial charge in [-0.25, -0.2) is 4.98 Å². The first kappa shape index (κ1) is 13.8. The minimum Gasteiger partial charge on any atom is -0.480 e. The highest BCUT2D eigenvalue weighted by molar-refractivity contribution is 5.73. The number of oxazole rings is 1. The topological polar surface area (TPSA) is 66.6 Å². The second kappa shape index (κ2) is 5.69. The maximum absolute atomic E-state index is 11.2. The van der Waals surface area contributed by atoms with Crippen LogP contribution in [0, 0.1) is 6.92 Å². The van der Waals surface area contributed by atoms with E-state index in [1.54, 1.807) is 6.26 Å². The largest absolute Gasteiger partial charge is 0.480 e. The number of nitrogens with zero attached hydrogens (tertiary/aromatic N) is 2. The zero-order valence-corrected chi connectivity index (χ0v) is 12.0. The van der Waals surface area contributed by atoms with Crippen molar-refractivity contribution < 1.29 is 14.3 Å². The number of carbonyl (C=O) groups is 1. The third kappa shape index (κ3) is 2.97. The van der Waals surface area contributed by atoms with Gasteiger partial charge in [0, 0.05) is 12.1 Å². The van der Waals surface area contributed by atoms with Gasteiger partial charge in [-0.15, -0.1) is 0 Å². The highest BCUT2D eigenvalue weighted by atomic mass is 16.4. The summed E-state index contributed by atoms with van der Waals surface area (Å²) in [5.41, 5.74) is 2.90. The summed E-state index contributed by atoms with van der Waals surface area (Å²) < 4.78 is 5.51. The molecule has 2 aromatic rings. The Labute approximate surface area is 123 Å². The molecule has 0 radical (unpaired) electrons. The SMILES string of the molecule is Cc1ccc(-c2nc(CN3CCC[C@@H]3C(=O)O)co2)cc1. The molecule has 1 aromatic carbocycles. The van der Waals surface area contributed by atoms with E-state index in [4.69, 9.17) is 4.42 Å². The van der Waals surface area contributed by atoms with Gasteiger partial charge in [-0.05, 0) is 38.4 Å². The zero-order chi connectivity index (χ0) is 14.8. The van der Waals surface area contributed by atoms with Crippen molar-refractivity contribution in [2.75, 3.05) is 6.54 Å². The van der Waals surface area contributed by atoms with Gasteiger partial charge in [-0.3, -0.25) is 9.69 Å². The summed E-state index contributed by atoms with van der Waals surface area (Å²) in [6, 6.07) is 7.58. The molecule has 0 saturated carbocycles. The number of aryl methyl sites for hydroxylation is 1. The van der Waals surface area contributed by atoms with Crippen LogP contribution in [0.4, 0.5) is 0 Å². The lowest BCUT2D eigenvalue weighted by molar-refractivity contribution is -0.142. The highest BCUT2D eigenvalue weighted by Crippen LogP contribution is 2.23. The van der Waals surface area contributed by atoms with Crippen LogP contribution in [0.25, 0.3) is 11.5 Å². The second-order valence-corrected chi connectivity index (χ2v) is 5.48. The molecule has 5 heteroatoms. The Kier molecular flexibility index (Phi) is 3.75. The van der Waals surface area contributed by atoms with E-state index in [0.717, 1.165) is 24.2 Å². The van der Waals surface area contributed by atoms with Crippen LogP contribution >= 0.6 is 0 Å². The van der Waals surface area contributed by atoms with E-state index >= 15 is 0 Å². The smallest absolute Gasteiger partial charge is 0.320 e. The summed E-state index contributed by atoms with van der Waals surface area (Å²) in [5, 5.41) is 9.19. The predicted octanol–water partition coefficient (Wildman–Crippen LogP) is 2.70. The van der Waals surface area contributed by atoms with Crippen LogP contribution in [0.2, 0.25) is 0 Å². The summed E-state index contributed by atoms with van der Waals surface area (Å²) in [4.78, 5) is 17.6. The molecular weight excluding hydrogens is 268 g/mol. The van der Waals surface area contributed by atoms with Crippen LogP contribution < -0.4 is 0 Å². The minimum absolute atomic E-state index is 0.399. The monoisotopic (exact) mass is 286 g/mol. The van der Waals surface area contributed by atoms with E-state index in [1.165, 1.54) is 5.56 Å². The lowest BCUT2D eigenvalue weighted by atomic mass is 10.1. The number of aliphatic carboxylic acids is 1. The van der Waals surface area contributed by atoms with Crippen LogP contribution in [-0.4, -0.2) is 33.5 Å².